The van der Waals surface area contributed by atoms with E-state index in [2.05, 4.69) is 0 Å². The second-order valence-electron chi connectivity index (χ2n) is 4.32. The predicted molar refractivity (Wildman–Crippen MR) is 67.1 cm³/mol. The first-order chi connectivity index (χ1) is 9.28. The van der Waals surface area contributed by atoms with Gasteiger partial charge in [-0.05, 0) is 19.1 Å². The van der Waals surface area contributed by atoms with Crippen molar-refractivity contribution in [1.82, 2.24) is 0 Å². The summed E-state index contributed by atoms with van der Waals surface area (Å²) in [5, 5.41) is 27.4. The van der Waals surface area contributed by atoms with E-state index in [0.29, 0.717) is 0 Å². The third-order valence-electron chi connectivity index (χ3n) is 2.69. The highest BCUT2D eigenvalue weighted by Gasteiger charge is 2.31. The van der Waals surface area contributed by atoms with Gasteiger partial charge in [-0.2, -0.15) is 18.4 Å². The third-order valence-corrected chi connectivity index (χ3v) is 2.69. The van der Waals surface area contributed by atoms with Crippen LogP contribution in [0.1, 0.15) is 24.2 Å². The van der Waals surface area contributed by atoms with Gasteiger partial charge in [0.05, 0.1) is 24.3 Å². The molecule has 4 nitrogen and oxygen atoms in total. The summed E-state index contributed by atoms with van der Waals surface area (Å²) in [6, 6.07) is 5.97. The van der Waals surface area contributed by atoms with Crippen molar-refractivity contribution >= 4 is 5.69 Å². The van der Waals surface area contributed by atoms with Crippen LogP contribution >= 0.6 is 0 Å². The van der Waals surface area contributed by atoms with Gasteiger partial charge in [0.25, 0.3) is 0 Å². The lowest BCUT2D eigenvalue weighted by atomic mass is 10.0. The van der Waals surface area contributed by atoms with Crippen molar-refractivity contribution in [3.05, 3.63) is 29.3 Å². The number of hydrogen-bond acceptors (Lipinski definition) is 4. The zero-order valence-electron chi connectivity index (χ0n) is 10.9. The smallest absolute Gasteiger partial charge is 0.395 e. The standard InChI is InChI=1S/C13H15F3N2O2/c1-9(20)11-3-2-10(7-17)6-12(11)18(4-5-19)8-13(14,15)16/h2-3,6,9,19-20H,4-5,8H2,1H3. The maximum Gasteiger partial charge on any atom is 0.405 e. The van der Waals surface area contributed by atoms with E-state index in [1.54, 1.807) is 0 Å². The number of halogens is 3. The second-order valence-corrected chi connectivity index (χ2v) is 4.32. The fraction of sp³-hybridized carbons (Fsp3) is 0.462. The molecule has 0 saturated carbocycles. The fourth-order valence-electron chi connectivity index (χ4n) is 1.86. The van der Waals surface area contributed by atoms with E-state index in [-0.39, 0.29) is 23.4 Å². The summed E-state index contributed by atoms with van der Waals surface area (Å²) in [5.41, 5.74) is 0.571. The highest BCUT2D eigenvalue weighted by molar-refractivity contribution is 5.58. The van der Waals surface area contributed by atoms with Crippen LogP contribution in [0.5, 0.6) is 0 Å². The highest BCUT2D eigenvalue weighted by atomic mass is 19.4. The Balaban J connectivity index is 3.26. The van der Waals surface area contributed by atoms with Gasteiger partial charge in [0.2, 0.25) is 0 Å². The molecule has 0 spiro atoms. The van der Waals surface area contributed by atoms with Gasteiger partial charge in [0.15, 0.2) is 0 Å². The largest absolute Gasteiger partial charge is 0.405 e. The van der Waals surface area contributed by atoms with Gasteiger partial charge >= 0.3 is 6.18 Å². The van der Waals surface area contributed by atoms with Crippen LogP contribution in [0.3, 0.4) is 0 Å². The molecule has 2 N–H and O–H groups in total. The summed E-state index contributed by atoms with van der Waals surface area (Å²) in [6.07, 6.45) is -5.43. The molecule has 0 aliphatic heterocycles. The fourth-order valence-corrected chi connectivity index (χ4v) is 1.86. The summed E-state index contributed by atoms with van der Waals surface area (Å²) in [5.74, 6) is 0. The van der Waals surface area contributed by atoms with E-state index >= 15 is 0 Å². The molecule has 7 heteroatoms. The van der Waals surface area contributed by atoms with Crippen molar-refractivity contribution in [2.45, 2.75) is 19.2 Å². The maximum atomic E-state index is 12.6. The molecular weight excluding hydrogens is 273 g/mol. The van der Waals surface area contributed by atoms with Crippen LogP contribution in [0, 0.1) is 11.3 Å². The predicted octanol–water partition coefficient (Wildman–Crippen LogP) is 1.97. The highest BCUT2D eigenvalue weighted by Crippen LogP contribution is 2.30. The van der Waals surface area contributed by atoms with Crippen molar-refractivity contribution in [1.29, 1.82) is 5.26 Å². The summed E-state index contributed by atoms with van der Waals surface area (Å²) < 4.78 is 37.7. The Morgan fingerprint density at radius 1 is 1.40 bits per heavy atom. The quantitative estimate of drug-likeness (QED) is 0.869. The minimum Gasteiger partial charge on any atom is -0.395 e. The molecule has 0 fully saturated rings. The Morgan fingerprint density at radius 2 is 2.05 bits per heavy atom. The minimum absolute atomic E-state index is 0.102. The molecule has 0 radical (unpaired) electrons. The Kier molecular flexibility index (Phi) is 5.36. The van der Waals surface area contributed by atoms with Gasteiger partial charge in [0, 0.05) is 17.8 Å². The molecule has 1 rings (SSSR count). The van der Waals surface area contributed by atoms with Gasteiger partial charge in [-0.15, -0.1) is 0 Å². The summed E-state index contributed by atoms with van der Waals surface area (Å²) in [4.78, 5) is 0.906. The van der Waals surface area contributed by atoms with Crippen LogP contribution < -0.4 is 4.90 Å². The van der Waals surface area contributed by atoms with Crippen molar-refractivity contribution in [3.63, 3.8) is 0 Å². The number of nitrogens with zero attached hydrogens (tertiary/aromatic N) is 2. The monoisotopic (exact) mass is 288 g/mol. The Hall–Kier alpha value is -1.78. The minimum atomic E-state index is -4.45. The molecule has 1 unspecified atom stereocenters. The number of rotatable bonds is 5. The van der Waals surface area contributed by atoms with Crippen LogP contribution in [-0.4, -0.2) is 36.1 Å². The van der Waals surface area contributed by atoms with E-state index in [1.165, 1.54) is 25.1 Å². The normalized spacial score (nSPS) is 12.8. The van der Waals surface area contributed by atoms with Crippen LogP contribution in [0.15, 0.2) is 18.2 Å². The summed E-state index contributed by atoms with van der Waals surface area (Å²) in [6.45, 7) is -0.544. The van der Waals surface area contributed by atoms with Crippen molar-refractivity contribution in [2.24, 2.45) is 0 Å². The van der Waals surface area contributed by atoms with Crippen LogP contribution in [-0.2, 0) is 0 Å². The number of hydrogen-bond donors (Lipinski definition) is 2. The zero-order valence-corrected chi connectivity index (χ0v) is 10.9. The Bertz CT molecular complexity index is 495. The van der Waals surface area contributed by atoms with E-state index in [0.717, 1.165) is 4.90 Å². The molecule has 0 heterocycles. The molecule has 20 heavy (non-hydrogen) atoms. The molecule has 0 saturated heterocycles. The number of aliphatic hydroxyl groups is 2. The lowest BCUT2D eigenvalue weighted by Gasteiger charge is -2.28. The van der Waals surface area contributed by atoms with Crippen molar-refractivity contribution < 1.29 is 23.4 Å². The molecule has 110 valence electrons. The van der Waals surface area contributed by atoms with Crippen LogP contribution in [0.4, 0.5) is 18.9 Å². The molecule has 1 aromatic rings. The Morgan fingerprint density at radius 3 is 2.50 bits per heavy atom. The average Bonchev–Trinajstić information content (AvgIpc) is 2.35. The van der Waals surface area contributed by atoms with Crippen LogP contribution in [0.25, 0.3) is 0 Å². The topological polar surface area (TPSA) is 67.5 Å². The number of anilines is 1. The average molecular weight is 288 g/mol. The molecular formula is C13H15F3N2O2. The van der Waals surface area contributed by atoms with Crippen LogP contribution in [0.2, 0.25) is 0 Å². The first-order valence-electron chi connectivity index (χ1n) is 5.93. The third kappa shape index (κ3) is 4.40. The van der Waals surface area contributed by atoms with E-state index in [4.69, 9.17) is 10.4 Å². The lowest BCUT2D eigenvalue weighted by Crippen LogP contribution is -2.37. The van der Waals surface area contributed by atoms with Gasteiger partial charge < -0.3 is 15.1 Å². The number of aliphatic hydroxyl groups excluding tert-OH is 2. The van der Waals surface area contributed by atoms with Gasteiger partial charge in [-0.25, -0.2) is 0 Å². The number of benzene rings is 1. The van der Waals surface area contributed by atoms with Gasteiger partial charge in [-0.1, -0.05) is 6.07 Å². The first kappa shape index (κ1) is 16.3. The van der Waals surface area contributed by atoms with Gasteiger partial charge in [-0.3, -0.25) is 0 Å². The molecule has 0 aliphatic rings. The molecule has 1 aromatic carbocycles. The molecule has 0 bridgehead atoms. The Labute approximate surface area is 114 Å². The molecule has 0 amide bonds. The SMILES string of the molecule is CC(O)c1ccc(C#N)cc1N(CCO)CC(F)(F)F. The number of alkyl halides is 3. The maximum absolute atomic E-state index is 12.6. The molecule has 0 aromatic heterocycles. The first-order valence-corrected chi connectivity index (χ1v) is 5.93. The van der Waals surface area contributed by atoms with E-state index in [9.17, 15) is 18.3 Å². The molecule has 0 aliphatic carbocycles. The van der Waals surface area contributed by atoms with Crippen molar-refractivity contribution in [3.8, 4) is 6.07 Å². The molecule has 1 atom stereocenters. The summed E-state index contributed by atoms with van der Waals surface area (Å²) in [7, 11) is 0. The summed E-state index contributed by atoms with van der Waals surface area (Å²) >= 11 is 0. The number of nitriles is 1. The van der Waals surface area contributed by atoms with Crippen molar-refractivity contribution in [2.75, 3.05) is 24.6 Å². The zero-order chi connectivity index (χ0) is 15.3. The lowest BCUT2D eigenvalue weighted by molar-refractivity contribution is -0.119. The second kappa shape index (κ2) is 6.59. The van der Waals surface area contributed by atoms with E-state index < -0.39 is 25.4 Å². The van der Waals surface area contributed by atoms with Gasteiger partial charge in [0.1, 0.15) is 6.54 Å². The van der Waals surface area contributed by atoms with E-state index in [1.807, 2.05) is 6.07 Å².